The van der Waals surface area contributed by atoms with E-state index < -0.39 is 0 Å². The monoisotopic (exact) mass is 214 g/mol. The first-order valence-corrected chi connectivity index (χ1v) is 5.15. The highest BCUT2D eigenvalue weighted by molar-refractivity contribution is 7.76. The summed E-state index contributed by atoms with van der Waals surface area (Å²) >= 11 is 3.98. The summed E-state index contributed by atoms with van der Waals surface area (Å²) in [7, 11) is 2.04. The molecule has 3 nitrogen and oxygen atoms in total. The number of aryl methyl sites for hydroxylation is 2. The van der Waals surface area contributed by atoms with Crippen LogP contribution < -0.4 is 4.57 Å². The lowest BCUT2D eigenvalue weighted by molar-refractivity contribution is -0.671. The van der Waals surface area contributed by atoms with Crippen LogP contribution >= 0.6 is 0 Å². The van der Waals surface area contributed by atoms with Gasteiger partial charge in [0, 0.05) is 5.12 Å². The zero-order valence-electron chi connectivity index (χ0n) is 9.06. The van der Waals surface area contributed by atoms with Crippen molar-refractivity contribution in [2.24, 2.45) is 7.05 Å². The van der Waals surface area contributed by atoms with Crippen LogP contribution in [0.5, 0.6) is 0 Å². The van der Waals surface area contributed by atoms with Crippen molar-refractivity contribution < 1.29 is 9.36 Å². The molecule has 0 aromatic carbocycles. The number of hydrogen-bond acceptors (Lipinski definition) is 2. The van der Waals surface area contributed by atoms with Gasteiger partial charge in [0.05, 0.1) is 13.6 Å². The molecule has 0 unspecified atom stereocenters. The molecule has 4 heteroatoms. The molecule has 0 bridgehead atoms. The average molecular weight is 214 g/mol. The molecule has 1 aromatic rings. The number of rotatable bonds is 3. The van der Waals surface area contributed by atoms with Crippen LogP contribution in [-0.2, 0) is 31.0 Å². The predicted octanol–water partition coefficient (Wildman–Crippen LogP) is 1.19. The second-order valence-electron chi connectivity index (χ2n) is 3.16. The topological polar surface area (TPSA) is 25.9 Å². The Morgan fingerprint density at radius 2 is 2.14 bits per heavy atom. The third-order valence-corrected chi connectivity index (χ3v) is 1.59. The van der Waals surface area contributed by atoms with Gasteiger partial charge in [-0.15, -0.1) is 0 Å². The van der Waals surface area contributed by atoms with Gasteiger partial charge >= 0.3 is 0 Å². The van der Waals surface area contributed by atoms with E-state index in [4.69, 9.17) is 0 Å². The molecule has 1 heterocycles. The molecule has 0 N–H and O–H groups in total. The Kier molecular flexibility index (Phi) is 7.02. The molecule has 1 aromatic heterocycles. The van der Waals surface area contributed by atoms with Crippen LogP contribution in [0.15, 0.2) is 18.7 Å². The number of nitrogens with zero attached hydrogens (tertiary/aromatic N) is 2. The van der Waals surface area contributed by atoms with E-state index in [0.717, 1.165) is 6.54 Å². The van der Waals surface area contributed by atoms with Gasteiger partial charge in [-0.2, -0.15) is 0 Å². The third kappa shape index (κ3) is 7.73. The molecule has 0 aliphatic heterocycles. The van der Waals surface area contributed by atoms with Gasteiger partial charge in [0.2, 0.25) is 6.33 Å². The van der Waals surface area contributed by atoms with E-state index in [1.807, 2.05) is 7.05 Å². The Labute approximate surface area is 91.2 Å². The van der Waals surface area contributed by atoms with E-state index in [1.165, 1.54) is 19.8 Å². The molecule has 0 aliphatic carbocycles. The minimum absolute atomic E-state index is 0.250. The van der Waals surface area contributed by atoms with Crippen molar-refractivity contribution >= 4 is 17.7 Å². The fourth-order valence-electron chi connectivity index (χ4n) is 0.975. The number of carbonyl (C=O) groups is 1. The number of carbonyl (C=O) groups excluding carboxylic acids is 1. The van der Waals surface area contributed by atoms with Crippen LogP contribution in [0.4, 0.5) is 0 Å². The highest BCUT2D eigenvalue weighted by Crippen LogP contribution is 1.91. The van der Waals surface area contributed by atoms with Crippen LogP contribution in [0.1, 0.15) is 26.7 Å². The van der Waals surface area contributed by atoms with Gasteiger partial charge in [0.15, 0.2) is 0 Å². The summed E-state index contributed by atoms with van der Waals surface area (Å²) in [5.41, 5.74) is 0. The fraction of sp³-hybridized carbons (Fsp3) is 0.600. The van der Waals surface area contributed by atoms with E-state index in [2.05, 4.69) is 47.4 Å². The zero-order valence-corrected chi connectivity index (χ0v) is 9.88. The van der Waals surface area contributed by atoms with Crippen LogP contribution in [0.3, 0.4) is 0 Å². The minimum Gasteiger partial charge on any atom is -0.742 e. The van der Waals surface area contributed by atoms with Crippen molar-refractivity contribution in [3.05, 3.63) is 18.7 Å². The molecule has 0 radical (unpaired) electrons. The largest absolute Gasteiger partial charge is 0.742 e. The molecule has 0 aliphatic rings. The first kappa shape index (κ1) is 13.1. The van der Waals surface area contributed by atoms with E-state index >= 15 is 0 Å². The van der Waals surface area contributed by atoms with Gasteiger partial charge in [-0.25, -0.2) is 9.13 Å². The van der Waals surface area contributed by atoms with Gasteiger partial charge < -0.3 is 17.4 Å². The SMILES string of the molecule is CC(=O)[S-].CCCCn1cc[n+](C)c1. The summed E-state index contributed by atoms with van der Waals surface area (Å²) in [6.45, 7) is 4.70. The first-order chi connectivity index (χ1) is 6.56. The molecule has 0 spiro atoms. The lowest BCUT2D eigenvalue weighted by Gasteiger charge is -1.90. The Morgan fingerprint density at radius 3 is 2.50 bits per heavy atom. The van der Waals surface area contributed by atoms with E-state index in [1.54, 1.807) is 0 Å². The highest BCUT2D eigenvalue weighted by atomic mass is 32.1. The maximum atomic E-state index is 9.26. The normalized spacial score (nSPS) is 9.07. The molecule has 14 heavy (non-hydrogen) atoms. The number of imidazole rings is 1. The van der Waals surface area contributed by atoms with Crippen LogP contribution in [0.2, 0.25) is 0 Å². The molecule has 0 saturated heterocycles. The van der Waals surface area contributed by atoms with Crippen molar-refractivity contribution in [3.8, 4) is 0 Å². The minimum atomic E-state index is -0.250. The number of hydrogen-bond donors (Lipinski definition) is 0. The standard InChI is InChI=1S/C8H15N2.C2H4OS/c1-3-4-5-10-7-6-9(2)8-10;1-2(3)4/h6-8H,3-5H2,1-2H3;1H3,(H,3,4)/q+1;/p-1. The quantitative estimate of drug-likeness (QED) is 0.558. The summed E-state index contributed by atoms with van der Waals surface area (Å²) in [5, 5.41) is -0.250. The van der Waals surface area contributed by atoms with E-state index in [-0.39, 0.29) is 5.12 Å². The number of aromatic nitrogens is 2. The van der Waals surface area contributed by atoms with Crippen LogP contribution in [-0.4, -0.2) is 9.68 Å². The number of unbranched alkanes of at least 4 members (excludes halogenated alkanes) is 1. The third-order valence-electron chi connectivity index (χ3n) is 1.59. The van der Waals surface area contributed by atoms with Gasteiger partial charge in [-0.3, -0.25) is 0 Å². The molecular formula is C10H18N2OS. The lowest BCUT2D eigenvalue weighted by atomic mass is 10.3. The van der Waals surface area contributed by atoms with E-state index in [9.17, 15) is 4.79 Å². The Balaban J connectivity index is 0.000000364. The summed E-state index contributed by atoms with van der Waals surface area (Å²) in [6.07, 6.45) is 8.82. The van der Waals surface area contributed by atoms with E-state index in [0.29, 0.717) is 0 Å². The maximum absolute atomic E-state index is 9.26. The van der Waals surface area contributed by atoms with Crippen molar-refractivity contribution in [3.63, 3.8) is 0 Å². The van der Waals surface area contributed by atoms with Crippen molar-refractivity contribution in [2.75, 3.05) is 0 Å². The highest BCUT2D eigenvalue weighted by Gasteiger charge is 1.96. The molecule has 0 fully saturated rings. The summed E-state index contributed by atoms with van der Waals surface area (Å²) in [5.74, 6) is 0. The van der Waals surface area contributed by atoms with Gasteiger partial charge in [-0.1, -0.05) is 13.3 Å². The summed E-state index contributed by atoms with van der Waals surface area (Å²) in [4.78, 5) is 9.26. The Morgan fingerprint density at radius 1 is 1.57 bits per heavy atom. The Bertz CT molecular complexity index is 267. The van der Waals surface area contributed by atoms with Crippen molar-refractivity contribution in [2.45, 2.75) is 33.2 Å². The smallest absolute Gasteiger partial charge is 0.243 e. The first-order valence-electron chi connectivity index (χ1n) is 4.74. The van der Waals surface area contributed by atoms with Crippen LogP contribution in [0, 0.1) is 0 Å². The lowest BCUT2D eigenvalue weighted by Crippen LogP contribution is -2.23. The zero-order chi connectivity index (χ0) is 11.0. The van der Waals surface area contributed by atoms with Gasteiger partial charge in [-0.05, 0) is 13.3 Å². The second-order valence-corrected chi connectivity index (χ2v) is 3.74. The fourth-order valence-corrected chi connectivity index (χ4v) is 0.975. The molecule has 0 amide bonds. The van der Waals surface area contributed by atoms with Crippen LogP contribution in [0.25, 0.3) is 0 Å². The summed E-state index contributed by atoms with van der Waals surface area (Å²) < 4.78 is 4.28. The molecular weight excluding hydrogens is 196 g/mol. The molecule has 80 valence electrons. The molecule has 0 saturated carbocycles. The summed E-state index contributed by atoms with van der Waals surface area (Å²) in [6, 6.07) is 0. The van der Waals surface area contributed by atoms with Gasteiger partial charge in [0.25, 0.3) is 0 Å². The maximum Gasteiger partial charge on any atom is 0.243 e. The molecule has 0 atom stereocenters. The molecule has 1 rings (SSSR count). The second kappa shape index (κ2) is 7.50. The average Bonchev–Trinajstić information content (AvgIpc) is 2.47. The van der Waals surface area contributed by atoms with Gasteiger partial charge in [0.1, 0.15) is 12.4 Å². The predicted molar refractivity (Wildman–Crippen MR) is 58.6 cm³/mol. The van der Waals surface area contributed by atoms with Crippen molar-refractivity contribution in [1.82, 2.24) is 4.57 Å². The Hall–Kier alpha value is -0.900. The van der Waals surface area contributed by atoms with Crippen molar-refractivity contribution in [1.29, 1.82) is 0 Å².